The van der Waals surface area contributed by atoms with Gasteiger partial charge in [-0.25, -0.2) is 4.79 Å². The Hall–Kier alpha value is -3.68. The van der Waals surface area contributed by atoms with Gasteiger partial charge in [0.05, 0.1) is 17.7 Å². The van der Waals surface area contributed by atoms with Gasteiger partial charge in [0.1, 0.15) is 17.9 Å². The predicted octanol–water partition coefficient (Wildman–Crippen LogP) is 1.85. The van der Waals surface area contributed by atoms with Crippen molar-refractivity contribution >= 4 is 22.8 Å². The van der Waals surface area contributed by atoms with E-state index >= 15 is 0 Å². The molecular weight excluding hydrogens is 352 g/mol. The van der Waals surface area contributed by atoms with E-state index in [2.05, 4.69) is 10.3 Å². The van der Waals surface area contributed by atoms with Gasteiger partial charge in [0.25, 0.3) is 5.91 Å². The molecule has 0 aliphatic carbocycles. The van der Waals surface area contributed by atoms with Crippen LogP contribution in [-0.2, 0) is 9.53 Å². The second kappa shape index (κ2) is 7.69. The van der Waals surface area contributed by atoms with Gasteiger partial charge in [-0.3, -0.25) is 14.6 Å². The van der Waals surface area contributed by atoms with Gasteiger partial charge in [0.15, 0.2) is 5.56 Å². The van der Waals surface area contributed by atoms with E-state index in [4.69, 9.17) is 9.15 Å². The molecule has 2 heterocycles. The molecule has 0 unspecified atom stereocenters. The van der Waals surface area contributed by atoms with Crippen LogP contribution in [0.1, 0.15) is 17.3 Å². The lowest BCUT2D eigenvalue weighted by atomic mass is 10.1. The minimum Gasteiger partial charge on any atom is -0.506 e. The van der Waals surface area contributed by atoms with E-state index in [1.54, 1.807) is 37.4 Å². The first-order valence-corrected chi connectivity index (χ1v) is 8.16. The van der Waals surface area contributed by atoms with Crippen molar-refractivity contribution in [2.24, 2.45) is 0 Å². The van der Waals surface area contributed by atoms with Crippen LogP contribution in [-0.4, -0.2) is 35.1 Å². The van der Waals surface area contributed by atoms with Gasteiger partial charge in [0.2, 0.25) is 0 Å². The zero-order chi connectivity index (χ0) is 19.4. The lowest BCUT2D eigenvalue weighted by molar-refractivity contribution is -0.141. The van der Waals surface area contributed by atoms with Crippen molar-refractivity contribution in [2.45, 2.75) is 6.92 Å². The fraction of sp³-hybridized carbons (Fsp3) is 0.158. The Morgan fingerprint density at radius 1 is 1.26 bits per heavy atom. The van der Waals surface area contributed by atoms with Gasteiger partial charge in [-0.2, -0.15) is 0 Å². The van der Waals surface area contributed by atoms with E-state index in [0.29, 0.717) is 11.3 Å². The van der Waals surface area contributed by atoms with Crippen LogP contribution in [0.4, 0.5) is 0 Å². The molecule has 0 radical (unpaired) electrons. The van der Waals surface area contributed by atoms with Crippen LogP contribution in [0, 0.1) is 0 Å². The maximum absolute atomic E-state index is 12.2. The van der Waals surface area contributed by atoms with Gasteiger partial charge in [-0.05, 0) is 37.3 Å². The number of nitrogens with zero attached hydrogens (tertiary/aromatic N) is 1. The number of carbonyl (C=O) groups excluding carboxylic acids is 2. The molecule has 0 saturated heterocycles. The molecular formula is C19H16N2O6. The number of nitrogens with one attached hydrogen (secondary N) is 1. The number of esters is 1. The molecule has 3 aromatic rings. The molecule has 0 saturated carbocycles. The van der Waals surface area contributed by atoms with E-state index in [0.717, 1.165) is 0 Å². The number of rotatable bonds is 5. The van der Waals surface area contributed by atoms with E-state index in [1.807, 2.05) is 6.07 Å². The normalized spacial score (nSPS) is 10.6. The first-order chi connectivity index (χ1) is 13.0. The third-order valence-corrected chi connectivity index (χ3v) is 3.76. The molecule has 1 aromatic carbocycles. The fourth-order valence-electron chi connectivity index (χ4n) is 2.53. The summed E-state index contributed by atoms with van der Waals surface area (Å²) in [5.41, 5.74) is -0.139. The second-order valence-corrected chi connectivity index (χ2v) is 5.53. The molecule has 0 bridgehead atoms. The number of pyridine rings is 1. The Kier molecular flexibility index (Phi) is 5.16. The lowest BCUT2D eigenvalue weighted by Gasteiger charge is -2.08. The quantitative estimate of drug-likeness (QED) is 0.521. The van der Waals surface area contributed by atoms with E-state index in [-0.39, 0.29) is 17.6 Å². The van der Waals surface area contributed by atoms with Gasteiger partial charge in [-0.1, -0.05) is 6.07 Å². The summed E-state index contributed by atoms with van der Waals surface area (Å²) in [6, 6.07) is 10.1. The Bertz CT molecular complexity index is 1060. The molecule has 2 N–H and O–H groups in total. The summed E-state index contributed by atoms with van der Waals surface area (Å²) < 4.78 is 9.83. The Morgan fingerprint density at radius 2 is 2.07 bits per heavy atom. The summed E-state index contributed by atoms with van der Waals surface area (Å²) in [6.07, 6.45) is 1.62. The van der Waals surface area contributed by atoms with Crippen molar-refractivity contribution in [3.63, 3.8) is 0 Å². The summed E-state index contributed by atoms with van der Waals surface area (Å²) in [4.78, 5) is 39.9. The van der Waals surface area contributed by atoms with Crippen molar-refractivity contribution in [1.82, 2.24) is 10.3 Å². The van der Waals surface area contributed by atoms with E-state index < -0.39 is 35.4 Å². The molecule has 0 aliphatic rings. The highest BCUT2D eigenvalue weighted by molar-refractivity contribution is 6.02. The van der Waals surface area contributed by atoms with Crippen molar-refractivity contribution in [3.05, 3.63) is 58.6 Å². The predicted molar refractivity (Wildman–Crippen MR) is 96.3 cm³/mol. The smallest absolute Gasteiger partial charge is 0.353 e. The minimum absolute atomic E-state index is 0.124. The Balaban J connectivity index is 2.00. The Morgan fingerprint density at radius 3 is 2.78 bits per heavy atom. The van der Waals surface area contributed by atoms with Crippen LogP contribution >= 0.6 is 0 Å². The first-order valence-electron chi connectivity index (χ1n) is 8.16. The van der Waals surface area contributed by atoms with Crippen molar-refractivity contribution < 1.29 is 23.8 Å². The van der Waals surface area contributed by atoms with Crippen molar-refractivity contribution in [3.8, 4) is 17.0 Å². The molecule has 3 rings (SSSR count). The highest BCUT2D eigenvalue weighted by Gasteiger charge is 2.22. The largest absolute Gasteiger partial charge is 0.506 e. The third-order valence-electron chi connectivity index (χ3n) is 3.76. The molecule has 1 amide bonds. The summed E-state index contributed by atoms with van der Waals surface area (Å²) in [5.74, 6) is -2.12. The van der Waals surface area contributed by atoms with Gasteiger partial charge >= 0.3 is 11.6 Å². The van der Waals surface area contributed by atoms with E-state index in [9.17, 15) is 19.5 Å². The van der Waals surface area contributed by atoms with Crippen LogP contribution in [0.15, 0.2) is 51.8 Å². The summed E-state index contributed by atoms with van der Waals surface area (Å²) in [7, 11) is 0. The number of hydrogen-bond acceptors (Lipinski definition) is 7. The molecule has 138 valence electrons. The molecule has 8 nitrogen and oxygen atoms in total. The molecule has 27 heavy (non-hydrogen) atoms. The lowest BCUT2D eigenvalue weighted by Crippen LogP contribution is -2.33. The fourth-order valence-corrected chi connectivity index (χ4v) is 2.53. The number of ether oxygens (including phenoxy) is 1. The average molecular weight is 368 g/mol. The number of carbonyl (C=O) groups is 2. The van der Waals surface area contributed by atoms with Crippen molar-refractivity contribution in [1.29, 1.82) is 0 Å². The van der Waals surface area contributed by atoms with E-state index in [1.165, 1.54) is 6.07 Å². The van der Waals surface area contributed by atoms with Crippen LogP contribution in [0.3, 0.4) is 0 Å². The van der Waals surface area contributed by atoms with Crippen molar-refractivity contribution in [2.75, 3.05) is 13.2 Å². The first kappa shape index (κ1) is 18.1. The molecule has 0 spiro atoms. The highest BCUT2D eigenvalue weighted by atomic mass is 16.5. The summed E-state index contributed by atoms with van der Waals surface area (Å²) in [5, 5.41) is 12.9. The minimum atomic E-state index is -1.01. The average Bonchev–Trinajstić information content (AvgIpc) is 2.67. The van der Waals surface area contributed by atoms with Gasteiger partial charge in [0, 0.05) is 11.8 Å². The third kappa shape index (κ3) is 3.79. The molecule has 0 fully saturated rings. The molecule has 0 aliphatic heterocycles. The monoisotopic (exact) mass is 368 g/mol. The number of aromatic hydroxyl groups is 1. The number of amides is 1. The highest BCUT2D eigenvalue weighted by Crippen LogP contribution is 2.30. The maximum atomic E-state index is 12.2. The van der Waals surface area contributed by atoms with Crippen LogP contribution in [0.5, 0.6) is 5.75 Å². The number of hydrogen-bond donors (Lipinski definition) is 2. The second-order valence-electron chi connectivity index (χ2n) is 5.53. The maximum Gasteiger partial charge on any atom is 0.353 e. The zero-order valence-electron chi connectivity index (χ0n) is 14.4. The molecule has 8 heteroatoms. The molecule has 0 atom stereocenters. The van der Waals surface area contributed by atoms with Crippen LogP contribution in [0.2, 0.25) is 0 Å². The van der Waals surface area contributed by atoms with Crippen LogP contribution < -0.4 is 10.9 Å². The number of aromatic nitrogens is 1. The summed E-state index contributed by atoms with van der Waals surface area (Å²) in [6.45, 7) is 1.36. The van der Waals surface area contributed by atoms with Gasteiger partial charge in [-0.15, -0.1) is 0 Å². The van der Waals surface area contributed by atoms with Gasteiger partial charge < -0.3 is 19.6 Å². The summed E-state index contributed by atoms with van der Waals surface area (Å²) >= 11 is 0. The standard InChI is InChI=1S/C19H16N2O6/c1-2-26-15(22)10-21-18(24)16-17(23)12-9-11(13-5-3-4-8-20-13)6-7-14(12)27-19(16)25/h3-9,23H,2,10H2,1H3,(H,21,24). The van der Waals surface area contributed by atoms with Crippen LogP contribution in [0.25, 0.3) is 22.2 Å². The molecule has 2 aromatic heterocycles. The topological polar surface area (TPSA) is 119 Å². The SMILES string of the molecule is CCOC(=O)CNC(=O)c1c(O)c2cc(-c3ccccn3)ccc2oc1=O. The number of benzene rings is 1. The zero-order valence-corrected chi connectivity index (χ0v) is 14.4. The Labute approximate surface area is 153 Å². The number of fused-ring (bicyclic) bond motifs is 1.